The third kappa shape index (κ3) is 9.73. The van der Waals surface area contributed by atoms with E-state index in [1.807, 2.05) is 33.8 Å². The first-order chi connectivity index (χ1) is 25.0. The van der Waals surface area contributed by atoms with Crippen LogP contribution in [0.25, 0.3) is 16.8 Å². The van der Waals surface area contributed by atoms with Gasteiger partial charge in [-0.1, -0.05) is 27.4 Å². The molecule has 1 unspecified atom stereocenters. The number of hydrogen-bond donors (Lipinski definition) is 0. The van der Waals surface area contributed by atoms with Gasteiger partial charge in [-0.15, -0.1) is 0 Å². The molecule has 2 aromatic carbocycles. The SMILES string of the molecule is C=C(C)c1ccc(OC)c(-c2cc(OC)c(OC)cc2C(N(Cc2cc(C#N)cc(C(F)(F)F)c2)c2ncc(OCCCC(=O)[O-])cn2)C(C)(C)C)n1. The zero-order valence-electron chi connectivity index (χ0n) is 30.6. The molecule has 0 aliphatic rings. The summed E-state index contributed by atoms with van der Waals surface area (Å²) in [6, 6.07) is 11.4. The molecular formula is C39H41F3N5O6-. The minimum absolute atomic E-state index is 0.0687. The van der Waals surface area contributed by atoms with Gasteiger partial charge in [-0.2, -0.15) is 18.4 Å². The van der Waals surface area contributed by atoms with Crippen molar-refractivity contribution in [2.75, 3.05) is 32.8 Å². The van der Waals surface area contributed by atoms with E-state index in [1.165, 1.54) is 39.8 Å². The van der Waals surface area contributed by atoms with E-state index in [-0.39, 0.29) is 48.8 Å². The first-order valence-electron chi connectivity index (χ1n) is 16.5. The molecule has 0 aliphatic carbocycles. The number of carbonyl (C=O) groups is 1. The molecule has 14 heteroatoms. The van der Waals surface area contributed by atoms with Crippen LogP contribution in [0.4, 0.5) is 19.1 Å². The van der Waals surface area contributed by atoms with Gasteiger partial charge >= 0.3 is 6.18 Å². The molecule has 0 bridgehead atoms. The lowest BCUT2D eigenvalue weighted by molar-refractivity contribution is -0.305. The summed E-state index contributed by atoms with van der Waals surface area (Å²) in [5.74, 6) is 0.384. The number of nitrogens with zero attached hydrogens (tertiary/aromatic N) is 5. The smallest absolute Gasteiger partial charge is 0.416 e. The highest BCUT2D eigenvalue weighted by Crippen LogP contribution is 2.49. The molecule has 0 fully saturated rings. The van der Waals surface area contributed by atoms with Crippen LogP contribution in [0.15, 0.2) is 61.4 Å². The number of ether oxygens (including phenoxy) is 4. The van der Waals surface area contributed by atoms with E-state index in [0.29, 0.717) is 45.3 Å². The van der Waals surface area contributed by atoms with Crippen LogP contribution in [0.2, 0.25) is 0 Å². The third-order valence-corrected chi connectivity index (χ3v) is 8.22. The number of carboxylic acids is 1. The van der Waals surface area contributed by atoms with Gasteiger partial charge in [0.2, 0.25) is 5.95 Å². The predicted octanol–water partition coefficient (Wildman–Crippen LogP) is 7.19. The highest BCUT2D eigenvalue weighted by Gasteiger charge is 2.38. The molecule has 0 saturated heterocycles. The molecule has 0 amide bonds. The van der Waals surface area contributed by atoms with Gasteiger partial charge in [-0.25, -0.2) is 15.0 Å². The van der Waals surface area contributed by atoms with Gasteiger partial charge in [0.25, 0.3) is 0 Å². The summed E-state index contributed by atoms with van der Waals surface area (Å²) in [6.45, 7) is 11.7. The first kappa shape index (κ1) is 39.9. The Morgan fingerprint density at radius 3 is 2.17 bits per heavy atom. The van der Waals surface area contributed by atoms with Gasteiger partial charge < -0.3 is 33.7 Å². The Labute approximate surface area is 306 Å². The first-order valence-corrected chi connectivity index (χ1v) is 16.5. The number of anilines is 1. The Morgan fingerprint density at radius 1 is 0.981 bits per heavy atom. The van der Waals surface area contributed by atoms with Crippen molar-refractivity contribution in [3.05, 3.63) is 89.4 Å². The number of nitriles is 1. The number of aromatic nitrogens is 3. The summed E-state index contributed by atoms with van der Waals surface area (Å²) in [7, 11) is 4.51. The van der Waals surface area contributed by atoms with Gasteiger partial charge in [-0.3, -0.25) is 0 Å². The molecule has 4 rings (SSSR count). The number of methoxy groups -OCH3 is 3. The molecule has 4 aromatic rings. The summed E-state index contributed by atoms with van der Waals surface area (Å²) in [5.41, 5.74) is 1.30. The summed E-state index contributed by atoms with van der Waals surface area (Å²) in [6.07, 6.45) is -1.90. The van der Waals surface area contributed by atoms with E-state index < -0.39 is 29.2 Å². The summed E-state index contributed by atoms with van der Waals surface area (Å²) in [4.78, 5) is 26.6. The van der Waals surface area contributed by atoms with Crippen LogP contribution in [0.5, 0.6) is 23.0 Å². The summed E-state index contributed by atoms with van der Waals surface area (Å²) < 4.78 is 65.1. The number of hydrogen-bond acceptors (Lipinski definition) is 11. The topological polar surface area (TPSA) is 143 Å². The minimum Gasteiger partial charge on any atom is -0.550 e. The van der Waals surface area contributed by atoms with E-state index >= 15 is 0 Å². The van der Waals surface area contributed by atoms with Crippen molar-refractivity contribution in [1.29, 1.82) is 5.26 Å². The lowest BCUT2D eigenvalue weighted by Gasteiger charge is -2.42. The Morgan fingerprint density at radius 2 is 1.62 bits per heavy atom. The second-order valence-electron chi connectivity index (χ2n) is 13.3. The molecule has 0 aliphatic heterocycles. The molecule has 11 nitrogen and oxygen atoms in total. The van der Waals surface area contributed by atoms with Crippen LogP contribution in [0.3, 0.4) is 0 Å². The summed E-state index contributed by atoms with van der Waals surface area (Å²) >= 11 is 0. The number of carboxylic acid groups (broad SMARTS) is 1. The second-order valence-corrected chi connectivity index (χ2v) is 13.3. The van der Waals surface area contributed by atoms with Crippen LogP contribution < -0.4 is 29.0 Å². The largest absolute Gasteiger partial charge is 0.550 e. The van der Waals surface area contributed by atoms with Crippen LogP contribution >= 0.6 is 0 Å². The van der Waals surface area contributed by atoms with E-state index in [2.05, 4.69) is 16.5 Å². The average molecular weight is 733 g/mol. The van der Waals surface area contributed by atoms with E-state index in [9.17, 15) is 28.3 Å². The molecule has 0 radical (unpaired) electrons. The van der Waals surface area contributed by atoms with E-state index in [0.717, 1.165) is 12.1 Å². The number of benzene rings is 2. The number of allylic oxidation sites excluding steroid dienone is 1. The van der Waals surface area contributed by atoms with Crippen LogP contribution in [0, 0.1) is 16.7 Å². The molecule has 280 valence electrons. The molecule has 1 atom stereocenters. The second kappa shape index (κ2) is 16.7. The fourth-order valence-corrected chi connectivity index (χ4v) is 5.89. The maximum Gasteiger partial charge on any atom is 0.416 e. The van der Waals surface area contributed by atoms with Crippen molar-refractivity contribution >= 4 is 17.5 Å². The summed E-state index contributed by atoms with van der Waals surface area (Å²) in [5, 5.41) is 20.5. The normalized spacial score (nSPS) is 12.0. The number of halogens is 3. The van der Waals surface area contributed by atoms with Gasteiger partial charge in [-0.05, 0) is 84.3 Å². The number of rotatable bonds is 15. The van der Waals surface area contributed by atoms with Gasteiger partial charge in [0.1, 0.15) is 11.4 Å². The zero-order valence-corrected chi connectivity index (χ0v) is 30.6. The Balaban J connectivity index is 2.02. The molecular weight excluding hydrogens is 691 g/mol. The Hall–Kier alpha value is -5.84. The molecule has 2 aromatic heterocycles. The molecule has 0 N–H and O–H groups in total. The average Bonchev–Trinajstić information content (AvgIpc) is 3.11. The molecule has 0 saturated carbocycles. The number of carbonyl (C=O) groups excluding carboxylic acids is 1. The fraction of sp³-hybridized carbons (Fsp3) is 0.359. The number of aliphatic carboxylic acids is 1. The van der Waals surface area contributed by atoms with Gasteiger partial charge in [0.05, 0.1) is 69.3 Å². The lowest BCUT2D eigenvalue weighted by Crippen LogP contribution is -2.38. The van der Waals surface area contributed by atoms with Crippen LogP contribution in [-0.4, -0.2) is 48.9 Å². The van der Waals surface area contributed by atoms with E-state index in [4.69, 9.17) is 23.9 Å². The van der Waals surface area contributed by atoms with Crippen molar-refractivity contribution in [2.45, 2.75) is 59.3 Å². The predicted molar refractivity (Wildman–Crippen MR) is 190 cm³/mol. The van der Waals surface area contributed by atoms with Crippen molar-refractivity contribution in [2.24, 2.45) is 5.41 Å². The zero-order chi connectivity index (χ0) is 39.1. The molecule has 0 spiro atoms. The van der Waals surface area contributed by atoms with Crippen LogP contribution in [-0.2, 0) is 17.5 Å². The highest BCUT2D eigenvalue weighted by molar-refractivity contribution is 5.76. The number of alkyl halides is 3. The van der Waals surface area contributed by atoms with Crippen molar-refractivity contribution in [3.63, 3.8) is 0 Å². The van der Waals surface area contributed by atoms with Crippen molar-refractivity contribution in [3.8, 4) is 40.3 Å². The quantitative estimate of drug-likeness (QED) is 0.115. The maximum absolute atomic E-state index is 14.1. The third-order valence-electron chi connectivity index (χ3n) is 8.22. The lowest BCUT2D eigenvalue weighted by atomic mass is 9.78. The molecule has 53 heavy (non-hydrogen) atoms. The van der Waals surface area contributed by atoms with Crippen LogP contribution in [0.1, 0.15) is 74.5 Å². The standard InChI is InChI=1S/C39H42F3N5O6/c1-23(2)30-11-12-31(50-6)35(46-30)28-17-32(51-7)33(52-8)18-29(28)36(38(3,4)5)47(22-25-14-24(19-43)15-26(16-25)39(40,41)42)37-44-20-27(21-45-37)53-13-9-10-34(48)49/h11-12,14-18,20-21,36H,1,9-10,13,22H2,2-8H3,(H,48,49)/p-1. The minimum atomic E-state index is -4.71. The monoisotopic (exact) mass is 732 g/mol. The maximum atomic E-state index is 14.1. The van der Waals surface area contributed by atoms with E-state index in [1.54, 1.807) is 29.2 Å². The van der Waals surface area contributed by atoms with Gasteiger partial charge in [0.15, 0.2) is 17.2 Å². The van der Waals surface area contributed by atoms with Crippen molar-refractivity contribution in [1.82, 2.24) is 15.0 Å². The molecule has 2 heterocycles. The van der Waals surface area contributed by atoms with Gasteiger partial charge in [0, 0.05) is 18.1 Å². The fourth-order valence-electron chi connectivity index (χ4n) is 5.89. The Kier molecular flexibility index (Phi) is 12.6. The van der Waals surface area contributed by atoms with Crippen molar-refractivity contribution < 1.29 is 42.0 Å². The highest BCUT2D eigenvalue weighted by atomic mass is 19.4. The Bertz CT molecular complexity index is 1990. The number of pyridine rings is 1.